The lowest BCUT2D eigenvalue weighted by atomic mass is 10.1. The van der Waals surface area contributed by atoms with Gasteiger partial charge >= 0.3 is 0 Å². The highest BCUT2D eigenvalue weighted by atomic mass is 16.3. The summed E-state index contributed by atoms with van der Waals surface area (Å²) in [5, 5.41) is 9.58. The van der Waals surface area contributed by atoms with Crippen molar-refractivity contribution in [1.82, 2.24) is 14.5 Å². The molecule has 1 aliphatic rings. The van der Waals surface area contributed by atoms with Gasteiger partial charge in [0.25, 0.3) is 0 Å². The molecular weight excluding hydrogens is 202 g/mol. The highest BCUT2D eigenvalue weighted by Gasteiger charge is 2.20. The molecule has 3 rings (SSSR count). The number of hydrogen-bond acceptors (Lipinski definition) is 3. The first-order valence-corrected chi connectivity index (χ1v) is 5.47. The summed E-state index contributed by atoms with van der Waals surface area (Å²) in [6.45, 7) is 0.834. The second-order valence-electron chi connectivity index (χ2n) is 4.11. The highest BCUT2D eigenvalue weighted by Crippen LogP contribution is 2.23. The molecule has 2 aromatic rings. The van der Waals surface area contributed by atoms with Gasteiger partial charge in [0.05, 0.1) is 6.10 Å². The zero-order valence-electron chi connectivity index (χ0n) is 8.87. The van der Waals surface area contributed by atoms with Crippen LogP contribution in [0.1, 0.15) is 12.1 Å². The summed E-state index contributed by atoms with van der Waals surface area (Å²) in [6, 6.07) is 3.92. The first-order valence-electron chi connectivity index (χ1n) is 5.47. The van der Waals surface area contributed by atoms with Gasteiger partial charge in [-0.15, -0.1) is 0 Å². The van der Waals surface area contributed by atoms with Crippen molar-refractivity contribution >= 4 is 0 Å². The number of fused-ring (bicyclic) bond motifs is 1. The zero-order valence-corrected chi connectivity index (χ0v) is 8.87. The van der Waals surface area contributed by atoms with E-state index in [0.29, 0.717) is 6.42 Å². The van der Waals surface area contributed by atoms with Crippen LogP contribution in [-0.4, -0.2) is 25.7 Å². The quantitative estimate of drug-likeness (QED) is 0.779. The van der Waals surface area contributed by atoms with E-state index in [1.165, 1.54) is 0 Å². The minimum atomic E-state index is -0.217. The smallest absolute Gasteiger partial charge is 0.141 e. The third kappa shape index (κ3) is 1.51. The van der Waals surface area contributed by atoms with Crippen molar-refractivity contribution in [3.63, 3.8) is 0 Å². The molecule has 3 heterocycles. The first-order chi connectivity index (χ1) is 7.84. The molecule has 2 aromatic heterocycles. The second kappa shape index (κ2) is 3.72. The van der Waals surface area contributed by atoms with Crippen LogP contribution in [0.2, 0.25) is 0 Å². The predicted molar refractivity (Wildman–Crippen MR) is 59.8 cm³/mol. The van der Waals surface area contributed by atoms with E-state index < -0.39 is 0 Å². The first kappa shape index (κ1) is 9.54. The Kier molecular flexibility index (Phi) is 2.22. The van der Waals surface area contributed by atoms with Gasteiger partial charge in [-0.25, -0.2) is 4.98 Å². The van der Waals surface area contributed by atoms with Gasteiger partial charge in [0.15, 0.2) is 0 Å². The average molecular weight is 215 g/mol. The van der Waals surface area contributed by atoms with Gasteiger partial charge in [-0.1, -0.05) is 0 Å². The van der Waals surface area contributed by atoms with Crippen LogP contribution in [-0.2, 0) is 13.0 Å². The van der Waals surface area contributed by atoms with E-state index in [1.54, 1.807) is 6.20 Å². The van der Waals surface area contributed by atoms with Gasteiger partial charge in [0.1, 0.15) is 5.82 Å². The number of aliphatic hydroxyl groups is 1. The predicted octanol–water partition coefficient (Wildman–Crippen LogP) is 1.25. The third-order valence-corrected chi connectivity index (χ3v) is 2.99. The van der Waals surface area contributed by atoms with Gasteiger partial charge in [-0.3, -0.25) is 4.98 Å². The molecular formula is C12H13N3O. The molecule has 0 radical (unpaired) electrons. The normalized spacial score (nSPS) is 19.4. The Morgan fingerprint density at radius 1 is 1.38 bits per heavy atom. The van der Waals surface area contributed by atoms with Crippen LogP contribution in [0.4, 0.5) is 0 Å². The number of rotatable bonds is 1. The lowest BCUT2D eigenvalue weighted by Crippen LogP contribution is -2.22. The summed E-state index contributed by atoms with van der Waals surface area (Å²) >= 11 is 0. The highest BCUT2D eigenvalue weighted by molar-refractivity contribution is 5.54. The Balaban J connectivity index is 2.04. The van der Waals surface area contributed by atoms with E-state index in [9.17, 15) is 5.11 Å². The van der Waals surface area contributed by atoms with Crippen molar-refractivity contribution in [2.75, 3.05) is 0 Å². The number of hydrogen-bond donors (Lipinski definition) is 1. The molecule has 4 heteroatoms. The van der Waals surface area contributed by atoms with Crippen molar-refractivity contribution in [2.45, 2.75) is 25.5 Å². The Hall–Kier alpha value is -1.68. The Morgan fingerprint density at radius 3 is 3.12 bits per heavy atom. The fourth-order valence-electron chi connectivity index (χ4n) is 2.17. The van der Waals surface area contributed by atoms with Crippen molar-refractivity contribution in [2.24, 2.45) is 0 Å². The molecule has 4 nitrogen and oxygen atoms in total. The van der Waals surface area contributed by atoms with Crippen LogP contribution < -0.4 is 0 Å². The van der Waals surface area contributed by atoms with E-state index in [4.69, 9.17) is 0 Å². The molecule has 1 N–H and O–H groups in total. The monoisotopic (exact) mass is 215 g/mol. The Bertz CT molecular complexity index is 492. The lowest BCUT2D eigenvalue weighted by molar-refractivity contribution is 0.144. The second-order valence-corrected chi connectivity index (χ2v) is 4.11. The van der Waals surface area contributed by atoms with Crippen molar-refractivity contribution in [3.05, 3.63) is 36.4 Å². The van der Waals surface area contributed by atoms with Crippen LogP contribution >= 0.6 is 0 Å². The van der Waals surface area contributed by atoms with Gasteiger partial charge in [0, 0.05) is 42.8 Å². The molecule has 0 aromatic carbocycles. The van der Waals surface area contributed by atoms with Gasteiger partial charge in [-0.2, -0.15) is 0 Å². The van der Waals surface area contributed by atoms with Crippen molar-refractivity contribution < 1.29 is 5.11 Å². The summed E-state index contributed by atoms with van der Waals surface area (Å²) in [7, 11) is 0. The van der Waals surface area contributed by atoms with E-state index in [2.05, 4.69) is 14.5 Å². The minimum Gasteiger partial charge on any atom is -0.393 e. The molecule has 0 fully saturated rings. The summed E-state index contributed by atoms with van der Waals surface area (Å²) in [5.74, 6) is 0.954. The summed E-state index contributed by atoms with van der Waals surface area (Å²) < 4.78 is 2.17. The van der Waals surface area contributed by atoms with Gasteiger partial charge < -0.3 is 9.67 Å². The van der Waals surface area contributed by atoms with E-state index in [1.807, 2.05) is 24.5 Å². The SMILES string of the molecule is OC1CCn2c(cnc2-c2cccnc2)C1. The lowest BCUT2D eigenvalue weighted by Gasteiger charge is -2.20. The standard InChI is InChI=1S/C12H13N3O/c16-11-3-5-15-10(6-11)8-14-12(15)9-2-1-4-13-7-9/h1-2,4,7-8,11,16H,3,5-6H2. The van der Waals surface area contributed by atoms with Crippen molar-refractivity contribution in [3.8, 4) is 11.4 Å². The molecule has 82 valence electrons. The molecule has 0 spiro atoms. The van der Waals surface area contributed by atoms with Crippen LogP contribution in [0.5, 0.6) is 0 Å². The van der Waals surface area contributed by atoms with E-state index in [0.717, 1.165) is 30.0 Å². The van der Waals surface area contributed by atoms with Crippen LogP contribution in [0.25, 0.3) is 11.4 Å². The maximum Gasteiger partial charge on any atom is 0.141 e. The number of aromatic nitrogens is 3. The van der Waals surface area contributed by atoms with Crippen LogP contribution in [0.3, 0.4) is 0 Å². The van der Waals surface area contributed by atoms with Crippen molar-refractivity contribution in [1.29, 1.82) is 0 Å². The molecule has 1 atom stereocenters. The largest absolute Gasteiger partial charge is 0.393 e. The molecule has 0 amide bonds. The molecule has 1 aliphatic heterocycles. The molecule has 1 unspecified atom stereocenters. The minimum absolute atomic E-state index is 0.217. The van der Waals surface area contributed by atoms with Crippen LogP contribution in [0.15, 0.2) is 30.7 Å². The fourth-order valence-corrected chi connectivity index (χ4v) is 2.17. The molecule has 0 saturated heterocycles. The number of aliphatic hydroxyl groups excluding tert-OH is 1. The van der Waals surface area contributed by atoms with E-state index in [-0.39, 0.29) is 6.10 Å². The topological polar surface area (TPSA) is 50.9 Å². The maximum absolute atomic E-state index is 9.58. The van der Waals surface area contributed by atoms with Gasteiger partial charge in [-0.05, 0) is 18.6 Å². The number of pyridine rings is 1. The molecule has 0 aliphatic carbocycles. The Morgan fingerprint density at radius 2 is 2.31 bits per heavy atom. The van der Waals surface area contributed by atoms with E-state index >= 15 is 0 Å². The average Bonchev–Trinajstić information content (AvgIpc) is 2.73. The maximum atomic E-state index is 9.58. The molecule has 0 saturated carbocycles. The van der Waals surface area contributed by atoms with Gasteiger partial charge in [0.2, 0.25) is 0 Å². The Labute approximate surface area is 93.6 Å². The molecule has 0 bridgehead atoms. The van der Waals surface area contributed by atoms with Crippen LogP contribution in [0, 0.1) is 0 Å². The fraction of sp³-hybridized carbons (Fsp3) is 0.333. The zero-order chi connectivity index (χ0) is 11.0. The third-order valence-electron chi connectivity index (χ3n) is 2.99. The number of nitrogens with zero attached hydrogens (tertiary/aromatic N) is 3. The summed E-state index contributed by atoms with van der Waals surface area (Å²) in [5.41, 5.74) is 2.14. The number of imidazole rings is 1. The summed E-state index contributed by atoms with van der Waals surface area (Å²) in [6.07, 6.45) is 6.72. The molecule has 16 heavy (non-hydrogen) atoms. The summed E-state index contributed by atoms with van der Waals surface area (Å²) in [4.78, 5) is 8.52.